The Morgan fingerprint density at radius 1 is 0.417 bits per heavy atom. The predicted molar refractivity (Wildman–Crippen MR) is 210 cm³/mol. The van der Waals surface area contributed by atoms with Crippen LogP contribution in [0.5, 0.6) is 0 Å². The van der Waals surface area contributed by atoms with Crippen LogP contribution in [-0.2, 0) is 20.8 Å². The zero-order valence-corrected chi connectivity index (χ0v) is 32.0. The summed E-state index contributed by atoms with van der Waals surface area (Å²) in [6.45, 7) is 4.31. The minimum atomic E-state index is -0.826. The van der Waals surface area contributed by atoms with Gasteiger partial charge < -0.3 is 0 Å². The van der Waals surface area contributed by atoms with E-state index in [0.717, 1.165) is 9.52 Å². The van der Waals surface area contributed by atoms with Crippen LogP contribution < -0.4 is 0 Å². The molecule has 4 heteroatoms. The number of hydrogen-bond donors (Lipinski definition) is 0. The van der Waals surface area contributed by atoms with E-state index in [1.807, 2.05) is 0 Å². The van der Waals surface area contributed by atoms with Gasteiger partial charge in [0, 0.05) is 9.52 Å². The van der Waals surface area contributed by atoms with Crippen LogP contribution in [-0.4, -0.2) is 9.52 Å². The molecule has 0 aliphatic heterocycles. The maximum absolute atomic E-state index is 4.93. The Kier molecular flexibility index (Phi) is 13.8. The molecule has 0 N–H and O–H groups in total. The normalized spacial score (nSPS) is 10.1. The van der Waals surface area contributed by atoms with Gasteiger partial charge in [0.15, 0.2) is 0 Å². The first-order valence-electron chi connectivity index (χ1n) is 15.8. The molecule has 0 fully saturated rings. The Bertz CT molecular complexity index is 1950. The molecule has 2 radical (unpaired) electrons. The van der Waals surface area contributed by atoms with E-state index in [1.54, 1.807) is 0 Å². The first kappa shape index (κ1) is 35.5. The van der Waals surface area contributed by atoms with Gasteiger partial charge in [0.25, 0.3) is 0 Å². The number of fused-ring (bicyclic) bond motifs is 2. The second kappa shape index (κ2) is 18.7. The molecule has 0 bridgehead atoms. The number of benzene rings is 6. The van der Waals surface area contributed by atoms with E-state index in [9.17, 15) is 0 Å². The Hall–Kier alpha value is -3.78. The van der Waals surface area contributed by atoms with Gasteiger partial charge in [0.05, 0.1) is 0 Å². The summed E-state index contributed by atoms with van der Waals surface area (Å²) < 4.78 is 0. The zero-order chi connectivity index (χ0) is 33.6. The quantitative estimate of drug-likeness (QED) is 0.124. The molecule has 0 saturated heterocycles. The van der Waals surface area contributed by atoms with E-state index in [2.05, 4.69) is 195 Å². The second-order valence-corrected chi connectivity index (χ2v) is 15.8. The van der Waals surface area contributed by atoms with E-state index in [1.165, 1.54) is 66.1 Å². The summed E-state index contributed by atoms with van der Waals surface area (Å²) in [4.78, 5) is 0. The van der Waals surface area contributed by atoms with Crippen molar-refractivity contribution in [3.8, 4) is 44.5 Å². The summed E-state index contributed by atoms with van der Waals surface area (Å²) in [7, 11) is 11.0. The van der Waals surface area contributed by atoms with Crippen molar-refractivity contribution in [1.82, 2.24) is 0 Å². The Morgan fingerprint density at radius 3 is 1.02 bits per heavy atom. The molecule has 0 heterocycles. The fourth-order valence-electron chi connectivity index (χ4n) is 5.97. The van der Waals surface area contributed by atoms with Gasteiger partial charge in [-0.2, -0.15) is 0 Å². The molecule has 48 heavy (non-hydrogen) atoms. The van der Waals surface area contributed by atoms with Gasteiger partial charge in [-0.25, -0.2) is 0 Å². The molecule has 0 nitrogen and oxygen atoms in total. The third-order valence-electron chi connectivity index (χ3n) is 7.89. The van der Waals surface area contributed by atoms with Crippen LogP contribution >= 0.6 is 17.0 Å². The van der Waals surface area contributed by atoms with Gasteiger partial charge >= 0.3 is 37.9 Å². The molecule has 0 spiro atoms. The molecule has 0 amide bonds. The van der Waals surface area contributed by atoms with Crippen LogP contribution in [0.4, 0.5) is 0 Å². The minimum Gasteiger partial charge on any atom is -0.116 e. The molecular formula is C44H36Cl2SiZr. The topological polar surface area (TPSA) is 0 Å². The minimum absolute atomic E-state index is 0.826. The van der Waals surface area contributed by atoms with Crippen molar-refractivity contribution in [3.63, 3.8) is 0 Å². The predicted octanol–water partition coefficient (Wildman–Crippen LogP) is 13.9. The molecule has 0 unspecified atom stereocenters. The van der Waals surface area contributed by atoms with Gasteiger partial charge in [0.2, 0.25) is 0 Å². The van der Waals surface area contributed by atoms with Gasteiger partial charge in [0.1, 0.15) is 0 Å². The molecule has 0 atom stereocenters. The van der Waals surface area contributed by atoms with Crippen LogP contribution in [0.15, 0.2) is 182 Å². The number of hydrogen-bond acceptors (Lipinski definition) is 0. The Morgan fingerprint density at radius 2 is 0.688 bits per heavy atom. The molecule has 8 aromatic rings. The molecule has 8 rings (SSSR count). The zero-order valence-electron chi connectivity index (χ0n) is 27.1. The van der Waals surface area contributed by atoms with Crippen LogP contribution in [0, 0.1) is 0 Å². The second-order valence-electron chi connectivity index (χ2n) is 11.1. The van der Waals surface area contributed by atoms with Crippen molar-refractivity contribution in [2.75, 3.05) is 0 Å². The van der Waals surface area contributed by atoms with Gasteiger partial charge in [-0.1, -0.05) is 249 Å². The van der Waals surface area contributed by atoms with Crippen molar-refractivity contribution in [3.05, 3.63) is 182 Å². The SMILES string of the molecule is C[Si]C.[Cl][Zr+2][Cl].c1ccc(-c2cc3ccccc3[c-]2-c2ccccc2)cc1.c1ccc(-c2cc3ccccc3[c-]2-c2ccccc2)cc1. The fraction of sp³-hybridized carbons (Fsp3) is 0.0455. The monoisotopic (exact) mass is 752 g/mol. The van der Waals surface area contributed by atoms with E-state index < -0.39 is 20.8 Å². The van der Waals surface area contributed by atoms with E-state index >= 15 is 0 Å². The smallest absolute Gasteiger partial charge is 0.0631 e. The Labute approximate surface area is 306 Å². The average molecular weight is 755 g/mol. The maximum Gasteiger partial charge on any atom is -0.0631 e. The summed E-state index contributed by atoms with van der Waals surface area (Å²) in [5, 5.41) is 5.25. The first-order valence-corrected chi connectivity index (χ1v) is 24.2. The van der Waals surface area contributed by atoms with Crippen molar-refractivity contribution >= 4 is 48.1 Å². The van der Waals surface area contributed by atoms with Gasteiger partial charge in [-0.3, -0.25) is 0 Å². The standard InChI is InChI=1S/2C21H15.C2H6Si.2ClH.Zr/c2*1-3-9-16(10-4-1)20-15-18-13-7-8-14-19(18)21(20)17-11-5-2-6-12-17;1-3-2;;;/h2*1-15H;1-2H3;2*1H;/q2*-1;;;;+4/p-2. The van der Waals surface area contributed by atoms with Gasteiger partial charge in [-0.05, 0) is 0 Å². The maximum atomic E-state index is 4.93. The molecule has 8 aromatic carbocycles. The van der Waals surface area contributed by atoms with Crippen molar-refractivity contribution in [1.29, 1.82) is 0 Å². The van der Waals surface area contributed by atoms with Crippen molar-refractivity contribution < 1.29 is 20.8 Å². The molecular weight excluding hydrogens is 719 g/mol. The van der Waals surface area contributed by atoms with E-state index in [4.69, 9.17) is 17.0 Å². The van der Waals surface area contributed by atoms with Crippen LogP contribution in [0.1, 0.15) is 0 Å². The average Bonchev–Trinajstić information content (AvgIpc) is 3.74. The van der Waals surface area contributed by atoms with Crippen LogP contribution in [0.2, 0.25) is 13.1 Å². The first-order chi connectivity index (χ1) is 23.7. The summed E-state index contributed by atoms with van der Waals surface area (Å²) in [5.74, 6) is 0. The van der Waals surface area contributed by atoms with Gasteiger partial charge in [-0.15, -0.1) is 12.1 Å². The molecule has 0 saturated carbocycles. The molecule has 0 aliphatic rings. The third kappa shape index (κ3) is 8.81. The summed E-state index contributed by atoms with van der Waals surface area (Å²) >= 11 is -0.826. The number of rotatable bonds is 4. The summed E-state index contributed by atoms with van der Waals surface area (Å²) in [6.07, 6.45) is 0. The summed E-state index contributed by atoms with van der Waals surface area (Å²) in [6, 6.07) is 64.4. The van der Waals surface area contributed by atoms with E-state index in [0.29, 0.717) is 0 Å². The van der Waals surface area contributed by atoms with Crippen LogP contribution in [0.3, 0.4) is 0 Å². The van der Waals surface area contributed by atoms with E-state index in [-0.39, 0.29) is 0 Å². The summed E-state index contributed by atoms with van der Waals surface area (Å²) in [5.41, 5.74) is 10.4. The van der Waals surface area contributed by atoms with Crippen molar-refractivity contribution in [2.45, 2.75) is 13.1 Å². The fourth-order valence-corrected chi connectivity index (χ4v) is 5.97. The Balaban J connectivity index is 0.000000162. The van der Waals surface area contributed by atoms with Crippen molar-refractivity contribution in [2.24, 2.45) is 0 Å². The third-order valence-corrected chi connectivity index (χ3v) is 7.89. The molecule has 0 aromatic heterocycles. The van der Waals surface area contributed by atoms with Crippen LogP contribution in [0.25, 0.3) is 66.1 Å². The molecule has 0 aliphatic carbocycles. The molecule has 234 valence electrons. The largest absolute Gasteiger partial charge is 0.116 e. The number of halogens is 2.